The number of carbonyl (C=O) groups excluding carboxylic acids is 2. The number of benzene rings is 1. The first-order chi connectivity index (χ1) is 8.52. The Morgan fingerprint density at radius 2 is 2.28 bits per heavy atom. The van der Waals surface area contributed by atoms with Crippen molar-refractivity contribution >= 4 is 29.1 Å². The number of anilines is 1. The van der Waals surface area contributed by atoms with Gasteiger partial charge in [-0.2, -0.15) is 0 Å². The number of nitrogens with one attached hydrogen (secondary N) is 1. The van der Waals surface area contributed by atoms with Gasteiger partial charge >= 0.3 is 0 Å². The van der Waals surface area contributed by atoms with Crippen LogP contribution in [0.2, 0.25) is 5.02 Å². The number of hydrogen-bond donors (Lipinski definition) is 1. The maximum Gasteiger partial charge on any atom is 0.227 e. The van der Waals surface area contributed by atoms with Crippen LogP contribution in [0.4, 0.5) is 10.1 Å². The van der Waals surface area contributed by atoms with Gasteiger partial charge in [0, 0.05) is 25.7 Å². The maximum absolute atomic E-state index is 13.0. The van der Waals surface area contributed by atoms with E-state index in [2.05, 4.69) is 5.32 Å². The summed E-state index contributed by atoms with van der Waals surface area (Å²) in [7, 11) is 1.53. The Labute approximate surface area is 109 Å². The van der Waals surface area contributed by atoms with Crippen molar-refractivity contribution in [2.45, 2.75) is 6.42 Å². The summed E-state index contributed by atoms with van der Waals surface area (Å²) in [5.74, 6) is -1.23. The third-order valence-electron chi connectivity index (χ3n) is 2.96. The fourth-order valence-electron chi connectivity index (χ4n) is 1.99. The van der Waals surface area contributed by atoms with Crippen LogP contribution in [0.25, 0.3) is 0 Å². The molecule has 96 valence electrons. The Morgan fingerprint density at radius 3 is 2.89 bits per heavy atom. The molecule has 6 heteroatoms. The maximum atomic E-state index is 13.0. The lowest BCUT2D eigenvalue weighted by Gasteiger charge is -2.16. The molecule has 1 heterocycles. The minimum atomic E-state index is -0.532. The quantitative estimate of drug-likeness (QED) is 0.887. The molecule has 1 fully saturated rings. The molecular weight excluding hydrogens is 259 g/mol. The lowest BCUT2D eigenvalue weighted by atomic mass is 10.1. The summed E-state index contributed by atoms with van der Waals surface area (Å²) >= 11 is 5.67. The zero-order valence-electron chi connectivity index (χ0n) is 9.74. The number of halogens is 2. The van der Waals surface area contributed by atoms with Crippen molar-refractivity contribution in [1.82, 2.24) is 5.32 Å². The van der Waals surface area contributed by atoms with E-state index >= 15 is 0 Å². The van der Waals surface area contributed by atoms with Gasteiger partial charge in [-0.15, -0.1) is 0 Å². The molecule has 0 aliphatic carbocycles. The van der Waals surface area contributed by atoms with Gasteiger partial charge < -0.3 is 10.2 Å². The summed E-state index contributed by atoms with van der Waals surface area (Å²) in [6.07, 6.45) is 0.161. The highest BCUT2D eigenvalue weighted by atomic mass is 35.5. The van der Waals surface area contributed by atoms with E-state index < -0.39 is 5.82 Å². The fraction of sp³-hybridized carbons (Fsp3) is 0.333. The zero-order valence-corrected chi connectivity index (χ0v) is 10.5. The lowest BCUT2D eigenvalue weighted by molar-refractivity contribution is -0.125. The van der Waals surface area contributed by atoms with Crippen LogP contribution >= 0.6 is 11.6 Å². The van der Waals surface area contributed by atoms with E-state index in [1.54, 1.807) is 0 Å². The number of carbonyl (C=O) groups is 2. The van der Waals surface area contributed by atoms with Gasteiger partial charge in [-0.25, -0.2) is 4.39 Å². The summed E-state index contributed by atoms with van der Waals surface area (Å²) in [5, 5.41) is 2.48. The van der Waals surface area contributed by atoms with Gasteiger partial charge in [0.25, 0.3) is 0 Å². The van der Waals surface area contributed by atoms with Crippen molar-refractivity contribution < 1.29 is 14.0 Å². The Balaban J connectivity index is 2.21. The zero-order chi connectivity index (χ0) is 13.3. The van der Waals surface area contributed by atoms with E-state index in [1.165, 1.54) is 30.1 Å². The summed E-state index contributed by atoms with van der Waals surface area (Å²) < 4.78 is 13.0. The van der Waals surface area contributed by atoms with Crippen molar-refractivity contribution in [1.29, 1.82) is 0 Å². The second-order valence-corrected chi connectivity index (χ2v) is 4.53. The average molecular weight is 271 g/mol. The van der Waals surface area contributed by atoms with Crippen molar-refractivity contribution in [3.05, 3.63) is 29.0 Å². The molecule has 2 rings (SSSR count). The van der Waals surface area contributed by atoms with Crippen molar-refractivity contribution in [3.8, 4) is 0 Å². The van der Waals surface area contributed by atoms with Crippen LogP contribution in [0.15, 0.2) is 18.2 Å². The predicted molar refractivity (Wildman–Crippen MR) is 65.9 cm³/mol. The van der Waals surface area contributed by atoms with Crippen LogP contribution in [0.5, 0.6) is 0 Å². The second kappa shape index (κ2) is 4.94. The first-order valence-corrected chi connectivity index (χ1v) is 5.87. The Bertz CT molecular complexity index is 507. The molecule has 4 nitrogen and oxygen atoms in total. The lowest BCUT2D eigenvalue weighted by Crippen LogP contribution is -2.30. The normalized spacial score (nSPS) is 19.2. The summed E-state index contributed by atoms with van der Waals surface area (Å²) in [6, 6.07) is 4.07. The molecule has 0 saturated carbocycles. The van der Waals surface area contributed by atoms with Gasteiger partial charge in [0.1, 0.15) is 5.82 Å². The molecule has 1 aromatic carbocycles. The van der Waals surface area contributed by atoms with E-state index in [-0.39, 0.29) is 29.2 Å². The van der Waals surface area contributed by atoms with Gasteiger partial charge in [0.05, 0.1) is 10.9 Å². The molecule has 1 unspecified atom stereocenters. The average Bonchev–Trinajstić information content (AvgIpc) is 2.74. The molecule has 1 aromatic rings. The van der Waals surface area contributed by atoms with Crippen LogP contribution < -0.4 is 10.2 Å². The van der Waals surface area contributed by atoms with E-state index in [4.69, 9.17) is 11.6 Å². The molecule has 0 spiro atoms. The van der Waals surface area contributed by atoms with Crippen molar-refractivity contribution in [2.24, 2.45) is 5.92 Å². The van der Waals surface area contributed by atoms with Crippen LogP contribution in [-0.2, 0) is 9.59 Å². The molecule has 18 heavy (non-hydrogen) atoms. The topological polar surface area (TPSA) is 49.4 Å². The molecule has 1 N–H and O–H groups in total. The highest BCUT2D eigenvalue weighted by Gasteiger charge is 2.34. The number of amides is 2. The van der Waals surface area contributed by atoms with E-state index in [1.807, 2.05) is 0 Å². The third-order valence-corrected chi connectivity index (χ3v) is 3.25. The molecule has 1 aliphatic rings. The molecule has 1 aliphatic heterocycles. The Hall–Kier alpha value is -1.62. The summed E-state index contributed by atoms with van der Waals surface area (Å²) in [6.45, 7) is 0.292. The van der Waals surface area contributed by atoms with E-state index in [0.717, 1.165) is 0 Å². The fourth-order valence-corrected chi connectivity index (χ4v) is 2.16. The first-order valence-electron chi connectivity index (χ1n) is 5.50. The Kier molecular flexibility index (Phi) is 3.52. The molecule has 1 saturated heterocycles. The van der Waals surface area contributed by atoms with Crippen LogP contribution in [0, 0.1) is 11.7 Å². The highest BCUT2D eigenvalue weighted by molar-refractivity contribution is 6.31. The Morgan fingerprint density at radius 1 is 1.56 bits per heavy atom. The van der Waals surface area contributed by atoms with Gasteiger partial charge in [-0.3, -0.25) is 9.59 Å². The second-order valence-electron chi connectivity index (χ2n) is 4.12. The first kappa shape index (κ1) is 12.8. The van der Waals surface area contributed by atoms with Crippen LogP contribution in [-0.4, -0.2) is 25.4 Å². The third kappa shape index (κ3) is 2.31. The minimum absolute atomic E-state index is 0.0382. The molecular formula is C12H12ClFN2O2. The van der Waals surface area contributed by atoms with Gasteiger partial charge in [0.2, 0.25) is 11.8 Å². The minimum Gasteiger partial charge on any atom is -0.359 e. The molecule has 0 radical (unpaired) electrons. The van der Waals surface area contributed by atoms with Gasteiger partial charge in [0.15, 0.2) is 0 Å². The predicted octanol–water partition coefficient (Wildman–Crippen LogP) is 1.58. The van der Waals surface area contributed by atoms with Crippen molar-refractivity contribution in [2.75, 3.05) is 18.5 Å². The van der Waals surface area contributed by atoms with Gasteiger partial charge in [-0.1, -0.05) is 11.6 Å². The molecule has 0 bridgehead atoms. The number of rotatable bonds is 2. The monoisotopic (exact) mass is 270 g/mol. The van der Waals surface area contributed by atoms with E-state index in [9.17, 15) is 14.0 Å². The van der Waals surface area contributed by atoms with Crippen LogP contribution in [0.1, 0.15) is 6.42 Å². The van der Waals surface area contributed by atoms with Crippen molar-refractivity contribution in [3.63, 3.8) is 0 Å². The summed E-state index contributed by atoms with van der Waals surface area (Å²) in [5.41, 5.74) is 0.512. The summed E-state index contributed by atoms with van der Waals surface area (Å²) in [4.78, 5) is 24.7. The molecule has 0 aromatic heterocycles. The largest absolute Gasteiger partial charge is 0.359 e. The number of hydrogen-bond acceptors (Lipinski definition) is 2. The number of nitrogens with zero attached hydrogens (tertiary/aromatic N) is 1. The van der Waals surface area contributed by atoms with Gasteiger partial charge in [-0.05, 0) is 18.2 Å². The molecule has 2 amide bonds. The smallest absolute Gasteiger partial charge is 0.227 e. The molecule has 1 atom stereocenters. The van der Waals surface area contributed by atoms with E-state index in [0.29, 0.717) is 12.2 Å². The van der Waals surface area contributed by atoms with Crippen LogP contribution in [0.3, 0.4) is 0 Å². The highest BCUT2D eigenvalue weighted by Crippen LogP contribution is 2.28. The SMILES string of the molecule is CNC(=O)C1CC(=O)N(c2ccc(F)c(Cl)c2)C1. The standard InChI is InChI=1S/C12H12ClFN2O2/c1-15-12(18)7-4-11(17)16(6-7)8-2-3-10(14)9(13)5-8/h2-3,5,7H,4,6H2,1H3,(H,15,18).